The zero-order chi connectivity index (χ0) is 21.3. The molecule has 0 spiro atoms. The smallest absolute Gasteiger partial charge is 0.340 e. The summed E-state index contributed by atoms with van der Waals surface area (Å²) in [5.41, 5.74) is 2.28. The highest BCUT2D eigenvalue weighted by Crippen LogP contribution is 2.24. The Morgan fingerprint density at radius 1 is 1.00 bits per heavy atom. The van der Waals surface area contributed by atoms with E-state index in [1.54, 1.807) is 36.4 Å². The van der Waals surface area contributed by atoms with E-state index in [1.807, 2.05) is 43.3 Å². The van der Waals surface area contributed by atoms with Gasteiger partial charge in [-0.3, -0.25) is 4.79 Å². The highest BCUT2D eigenvalue weighted by Gasteiger charge is 2.14. The molecule has 1 N–H and O–H groups in total. The Morgan fingerprint density at radius 2 is 1.77 bits per heavy atom. The number of anilines is 1. The zero-order valence-electron chi connectivity index (χ0n) is 16.7. The average Bonchev–Trinajstić information content (AvgIpc) is 3.29. The number of carbonyl (C=O) groups excluding carboxylic acids is 2. The summed E-state index contributed by atoms with van der Waals surface area (Å²) < 4.78 is 10.2. The van der Waals surface area contributed by atoms with Crippen LogP contribution in [0.5, 0.6) is 0 Å². The van der Waals surface area contributed by atoms with E-state index < -0.39 is 18.5 Å². The van der Waals surface area contributed by atoms with Gasteiger partial charge in [0.1, 0.15) is 11.4 Å². The molecule has 0 fully saturated rings. The molecule has 1 aromatic heterocycles. The third-order valence-corrected chi connectivity index (χ3v) is 4.14. The SMILES string of the molecule is CN(C)c1ccc(N=Nc2ccccc2C(=O)OCC(=O)NCc2ccco2)cc1. The van der Waals surface area contributed by atoms with Crippen molar-refractivity contribution in [3.05, 3.63) is 78.3 Å². The predicted octanol–water partition coefficient (Wildman–Crippen LogP) is 4.23. The Morgan fingerprint density at radius 3 is 2.47 bits per heavy atom. The lowest BCUT2D eigenvalue weighted by Gasteiger charge is -2.11. The summed E-state index contributed by atoms with van der Waals surface area (Å²) in [6.45, 7) is -0.183. The van der Waals surface area contributed by atoms with Crippen molar-refractivity contribution in [2.24, 2.45) is 10.2 Å². The van der Waals surface area contributed by atoms with Crippen LogP contribution in [0, 0.1) is 0 Å². The molecule has 1 heterocycles. The Labute approximate surface area is 174 Å². The fourth-order valence-electron chi connectivity index (χ4n) is 2.52. The topological polar surface area (TPSA) is 96.5 Å². The van der Waals surface area contributed by atoms with Crippen LogP contribution in [-0.4, -0.2) is 32.6 Å². The van der Waals surface area contributed by atoms with Crippen molar-refractivity contribution in [1.82, 2.24) is 5.32 Å². The van der Waals surface area contributed by atoms with Crippen molar-refractivity contribution < 1.29 is 18.7 Å². The minimum atomic E-state index is -0.652. The average molecular weight is 406 g/mol. The number of amides is 1. The molecule has 0 radical (unpaired) electrons. The van der Waals surface area contributed by atoms with E-state index in [9.17, 15) is 9.59 Å². The largest absolute Gasteiger partial charge is 0.467 e. The van der Waals surface area contributed by atoms with E-state index in [1.165, 1.54) is 6.26 Å². The molecule has 0 aliphatic heterocycles. The van der Waals surface area contributed by atoms with Crippen LogP contribution in [0.2, 0.25) is 0 Å². The van der Waals surface area contributed by atoms with E-state index in [2.05, 4.69) is 15.5 Å². The molecule has 0 bridgehead atoms. The molecular formula is C22H22N4O4. The number of hydrogen-bond acceptors (Lipinski definition) is 7. The second-order valence-electron chi connectivity index (χ2n) is 6.56. The van der Waals surface area contributed by atoms with Gasteiger partial charge in [0.2, 0.25) is 0 Å². The number of ether oxygens (including phenoxy) is 1. The summed E-state index contributed by atoms with van der Waals surface area (Å²) in [5, 5.41) is 11.0. The fraction of sp³-hybridized carbons (Fsp3) is 0.182. The van der Waals surface area contributed by atoms with Gasteiger partial charge in [0.15, 0.2) is 6.61 Å². The summed E-state index contributed by atoms with van der Waals surface area (Å²) in [6.07, 6.45) is 1.52. The summed E-state index contributed by atoms with van der Waals surface area (Å²) in [4.78, 5) is 26.3. The Bertz CT molecular complexity index is 1010. The third kappa shape index (κ3) is 5.78. The van der Waals surface area contributed by atoms with E-state index >= 15 is 0 Å². The number of hydrogen-bond donors (Lipinski definition) is 1. The molecule has 30 heavy (non-hydrogen) atoms. The number of azo groups is 1. The molecule has 0 unspecified atom stereocenters. The Kier molecular flexibility index (Phi) is 6.94. The molecule has 0 saturated heterocycles. The zero-order valence-corrected chi connectivity index (χ0v) is 16.7. The fourth-order valence-corrected chi connectivity index (χ4v) is 2.52. The van der Waals surface area contributed by atoms with Gasteiger partial charge in [-0.05, 0) is 48.5 Å². The molecule has 0 aliphatic rings. The first kappa shape index (κ1) is 20.8. The van der Waals surface area contributed by atoms with Crippen molar-refractivity contribution >= 4 is 28.9 Å². The van der Waals surface area contributed by atoms with Crippen LogP contribution in [-0.2, 0) is 16.1 Å². The lowest BCUT2D eigenvalue weighted by Crippen LogP contribution is -2.28. The second kappa shape index (κ2) is 10.0. The minimum Gasteiger partial charge on any atom is -0.467 e. The molecule has 8 heteroatoms. The van der Waals surface area contributed by atoms with E-state index in [0.717, 1.165) is 5.69 Å². The first-order chi connectivity index (χ1) is 14.5. The number of esters is 1. The molecule has 3 rings (SSSR count). The number of furan rings is 1. The van der Waals surface area contributed by atoms with Gasteiger partial charge in [-0.2, -0.15) is 5.11 Å². The van der Waals surface area contributed by atoms with Gasteiger partial charge in [-0.25, -0.2) is 4.79 Å². The van der Waals surface area contributed by atoms with Gasteiger partial charge in [-0.15, -0.1) is 5.11 Å². The molecule has 2 aromatic carbocycles. The van der Waals surface area contributed by atoms with Crippen molar-refractivity contribution in [2.75, 3.05) is 25.6 Å². The van der Waals surface area contributed by atoms with Crippen molar-refractivity contribution in [2.45, 2.75) is 6.54 Å². The lowest BCUT2D eigenvalue weighted by molar-refractivity contribution is -0.124. The van der Waals surface area contributed by atoms with E-state index in [-0.39, 0.29) is 12.1 Å². The number of benzene rings is 2. The van der Waals surface area contributed by atoms with Crippen LogP contribution in [0.4, 0.5) is 17.1 Å². The Balaban J connectivity index is 1.59. The van der Waals surface area contributed by atoms with Gasteiger partial charge in [0, 0.05) is 19.8 Å². The lowest BCUT2D eigenvalue weighted by atomic mass is 10.2. The van der Waals surface area contributed by atoms with Crippen LogP contribution in [0.25, 0.3) is 0 Å². The van der Waals surface area contributed by atoms with Crippen LogP contribution in [0.15, 0.2) is 81.6 Å². The molecular weight excluding hydrogens is 384 g/mol. The van der Waals surface area contributed by atoms with Crippen LogP contribution in [0.1, 0.15) is 16.1 Å². The first-order valence-corrected chi connectivity index (χ1v) is 9.27. The summed E-state index contributed by atoms with van der Waals surface area (Å²) in [6, 6.07) is 17.7. The number of rotatable bonds is 8. The van der Waals surface area contributed by atoms with Gasteiger partial charge >= 0.3 is 5.97 Å². The van der Waals surface area contributed by atoms with Crippen LogP contribution >= 0.6 is 0 Å². The highest BCUT2D eigenvalue weighted by molar-refractivity contribution is 5.96. The molecule has 8 nitrogen and oxygen atoms in total. The standard InChI is InChI=1S/C22H22N4O4/c1-26(2)17-11-9-16(10-12-17)24-25-20-8-4-3-7-19(20)22(28)30-15-21(27)23-14-18-6-5-13-29-18/h3-13H,14-15H2,1-2H3,(H,23,27). The first-order valence-electron chi connectivity index (χ1n) is 9.27. The second-order valence-corrected chi connectivity index (χ2v) is 6.56. The highest BCUT2D eigenvalue weighted by atomic mass is 16.5. The Hall–Kier alpha value is -3.94. The summed E-state index contributed by atoms with van der Waals surface area (Å²) in [5.74, 6) is -0.473. The molecule has 0 saturated carbocycles. The van der Waals surface area contributed by atoms with Crippen LogP contribution in [0.3, 0.4) is 0 Å². The van der Waals surface area contributed by atoms with Gasteiger partial charge in [0.05, 0.1) is 24.1 Å². The maximum atomic E-state index is 12.4. The van der Waals surface area contributed by atoms with Crippen molar-refractivity contribution in [3.63, 3.8) is 0 Å². The molecule has 154 valence electrons. The number of nitrogens with one attached hydrogen (secondary N) is 1. The van der Waals surface area contributed by atoms with Gasteiger partial charge < -0.3 is 19.4 Å². The van der Waals surface area contributed by atoms with E-state index in [0.29, 0.717) is 17.1 Å². The maximum Gasteiger partial charge on any atom is 0.340 e. The number of nitrogens with zero attached hydrogens (tertiary/aromatic N) is 3. The quantitative estimate of drug-likeness (QED) is 0.446. The van der Waals surface area contributed by atoms with Crippen molar-refractivity contribution in [3.8, 4) is 0 Å². The van der Waals surface area contributed by atoms with Crippen molar-refractivity contribution in [1.29, 1.82) is 0 Å². The van der Waals surface area contributed by atoms with Crippen LogP contribution < -0.4 is 10.2 Å². The van der Waals surface area contributed by atoms with Gasteiger partial charge in [-0.1, -0.05) is 12.1 Å². The molecule has 3 aromatic rings. The third-order valence-electron chi connectivity index (χ3n) is 4.14. The molecule has 0 aliphatic carbocycles. The molecule has 0 atom stereocenters. The summed E-state index contributed by atoms with van der Waals surface area (Å²) in [7, 11) is 3.91. The summed E-state index contributed by atoms with van der Waals surface area (Å²) >= 11 is 0. The maximum absolute atomic E-state index is 12.4. The minimum absolute atomic E-state index is 0.223. The van der Waals surface area contributed by atoms with E-state index in [4.69, 9.17) is 9.15 Å². The normalized spacial score (nSPS) is 10.7. The predicted molar refractivity (Wildman–Crippen MR) is 112 cm³/mol. The monoisotopic (exact) mass is 406 g/mol. The molecule has 1 amide bonds. The van der Waals surface area contributed by atoms with Gasteiger partial charge in [0.25, 0.3) is 5.91 Å². The number of carbonyl (C=O) groups is 2.